The fourth-order valence-corrected chi connectivity index (χ4v) is 3.24. The number of rotatable bonds is 4. The van der Waals surface area contributed by atoms with E-state index in [1.165, 1.54) is 32.1 Å². The van der Waals surface area contributed by atoms with Crippen LogP contribution in [0.15, 0.2) is 0 Å². The Labute approximate surface area is 117 Å². The predicted octanol–water partition coefficient (Wildman–Crippen LogP) is 2.35. The Morgan fingerprint density at radius 1 is 1.16 bits per heavy atom. The molecule has 1 saturated carbocycles. The monoisotopic (exact) mass is 267 g/mol. The third-order valence-corrected chi connectivity index (χ3v) is 4.54. The lowest BCUT2D eigenvalue weighted by Crippen LogP contribution is -2.47. The van der Waals surface area contributed by atoms with Crippen LogP contribution in [-0.4, -0.2) is 43.2 Å². The quantitative estimate of drug-likeness (QED) is 0.821. The molecule has 0 unspecified atom stereocenters. The molecule has 4 nitrogen and oxygen atoms in total. The van der Waals surface area contributed by atoms with Crippen LogP contribution in [0, 0.1) is 5.92 Å². The highest BCUT2D eigenvalue weighted by atomic mass is 16.2. The van der Waals surface area contributed by atoms with Crippen LogP contribution in [0.1, 0.15) is 51.9 Å². The minimum atomic E-state index is 0.160. The van der Waals surface area contributed by atoms with Crippen molar-refractivity contribution in [2.75, 3.05) is 26.2 Å². The fraction of sp³-hybridized carbons (Fsp3) is 0.933. The number of nitrogens with zero attached hydrogens (tertiary/aromatic N) is 1. The highest BCUT2D eigenvalue weighted by molar-refractivity contribution is 5.74. The Balaban J connectivity index is 1.76. The van der Waals surface area contributed by atoms with E-state index in [2.05, 4.69) is 17.6 Å². The first-order valence-corrected chi connectivity index (χ1v) is 8.05. The van der Waals surface area contributed by atoms with Crippen molar-refractivity contribution >= 4 is 6.03 Å². The van der Waals surface area contributed by atoms with Gasteiger partial charge in [0.15, 0.2) is 0 Å². The molecule has 2 aliphatic rings. The average molecular weight is 267 g/mol. The number of hydrogen-bond donors (Lipinski definition) is 2. The van der Waals surface area contributed by atoms with Crippen molar-refractivity contribution in [1.82, 2.24) is 15.5 Å². The Morgan fingerprint density at radius 3 is 2.47 bits per heavy atom. The maximum atomic E-state index is 12.3. The van der Waals surface area contributed by atoms with Crippen molar-refractivity contribution in [3.05, 3.63) is 0 Å². The van der Waals surface area contributed by atoms with Gasteiger partial charge in [0.2, 0.25) is 0 Å². The molecular weight excluding hydrogens is 238 g/mol. The predicted molar refractivity (Wildman–Crippen MR) is 78.2 cm³/mol. The molecule has 1 heterocycles. The molecule has 0 radical (unpaired) electrons. The van der Waals surface area contributed by atoms with Gasteiger partial charge in [0.1, 0.15) is 0 Å². The number of piperidine rings is 1. The van der Waals surface area contributed by atoms with E-state index in [4.69, 9.17) is 0 Å². The van der Waals surface area contributed by atoms with Crippen molar-refractivity contribution in [3.8, 4) is 0 Å². The van der Waals surface area contributed by atoms with Gasteiger partial charge in [-0.05, 0) is 51.6 Å². The van der Waals surface area contributed by atoms with Crippen LogP contribution >= 0.6 is 0 Å². The van der Waals surface area contributed by atoms with Gasteiger partial charge in [-0.2, -0.15) is 0 Å². The van der Waals surface area contributed by atoms with E-state index < -0.39 is 0 Å². The molecule has 2 rings (SSSR count). The van der Waals surface area contributed by atoms with E-state index in [0.29, 0.717) is 12.0 Å². The van der Waals surface area contributed by atoms with E-state index in [1.54, 1.807) is 0 Å². The maximum Gasteiger partial charge on any atom is 0.317 e. The smallest absolute Gasteiger partial charge is 0.317 e. The third-order valence-electron chi connectivity index (χ3n) is 4.54. The van der Waals surface area contributed by atoms with Crippen LogP contribution < -0.4 is 10.6 Å². The summed E-state index contributed by atoms with van der Waals surface area (Å²) in [6.07, 6.45) is 8.60. The summed E-state index contributed by atoms with van der Waals surface area (Å²) in [6, 6.07) is 0.580. The molecule has 0 bridgehead atoms. The largest absolute Gasteiger partial charge is 0.335 e. The number of hydrogen-bond acceptors (Lipinski definition) is 2. The van der Waals surface area contributed by atoms with Gasteiger partial charge in [-0.25, -0.2) is 4.79 Å². The Morgan fingerprint density at radius 2 is 1.84 bits per heavy atom. The van der Waals surface area contributed by atoms with E-state index in [1.807, 2.05) is 4.90 Å². The van der Waals surface area contributed by atoms with Crippen LogP contribution in [0.4, 0.5) is 4.79 Å². The first-order valence-electron chi connectivity index (χ1n) is 8.05. The highest BCUT2D eigenvalue weighted by Crippen LogP contribution is 2.18. The van der Waals surface area contributed by atoms with Crippen molar-refractivity contribution in [2.45, 2.75) is 57.9 Å². The van der Waals surface area contributed by atoms with Crippen molar-refractivity contribution in [2.24, 2.45) is 5.92 Å². The van der Waals surface area contributed by atoms with E-state index in [-0.39, 0.29) is 6.03 Å². The van der Waals surface area contributed by atoms with Gasteiger partial charge >= 0.3 is 6.03 Å². The molecule has 0 aromatic heterocycles. The van der Waals surface area contributed by atoms with Crippen LogP contribution in [0.3, 0.4) is 0 Å². The molecule has 0 atom stereocenters. The molecular formula is C15H29N3O. The summed E-state index contributed by atoms with van der Waals surface area (Å²) in [5, 5.41) is 6.61. The van der Waals surface area contributed by atoms with Crippen LogP contribution in [0.5, 0.6) is 0 Å². The van der Waals surface area contributed by atoms with Gasteiger partial charge in [-0.1, -0.05) is 19.3 Å². The molecule has 4 heteroatoms. The van der Waals surface area contributed by atoms with Crippen LogP contribution in [-0.2, 0) is 0 Å². The molecule has 2 fully saturated rings. The summed E-state index contributed by atoms with van der Waals surface area (Å²) in [5.41, 5.74) is 0. The topological polar surface area (TPSA) is 44.4 Å². The SMILES string of the molecule is CCN(CC1CCNCC1)C(=O)NC1CCCCC1. The van der Waals surface area contributed by atoms with Gasteiger partial charge < -0.3 is 15.5 Å². The van der Waals surface area contributed by atoms with E-state index >= 15 is 0 Å². The minimum absolute atomic E-state index is 0.160. The number of nitrogens with one attached hydrogen (secondary N) is 2. The summed E-state index contributed by atoms with van der Waals surface area (Å²) in [4.78, 5) is 14.3. The summed E-state index contributed by atoms with van der Waals surface area (Å²) in [7, 11) is 0. The lowest BCUT2D eigenvalue weighted by molar-refractivity contribution is 0.176. The second-order valence-electron chi connectivity index (χ2n) is 6.02. The van der Waals surface area contributed by atoms with Crippen LogP contribution in [0.2, 0.25) is 0 Å². The van der Waals surface area contributed by atoms with Gasteiger partial charge in [0.05, 0.1) is 0 Å². The molecule has 110 valence electrons. The molecule has 2 N–H and O–H groups in total. The van der Waals surface area contributed by atoms with Gasteiger partial charge in [-0.15, -0.1) is 0 Å². The Hall–Kier alpha value is -0.770. The zero-order chi connectivity index (χ0) is 13.5. The normalized spacial score (nSPS) is 22.2. The molecule has 0 aromatic rings. The van der Waals surface area contributed by atoms with E-state index in [0.717, 1.165) is 39.0 Å². The van der Waals surface area contributed by atoms with Crippen LogP contribution in [0.25, 0.3) is 0 Å². The minimum Gasteiger partial charge on any atom is -0.335 e. The second-order valence-corrected chi connectivity index (χ2v) is 6.02. The summed E-state index contributed by atoms with van der Waals surface area (Å²) >= 11 is 0. The van der Waals surface area contributed by atoms with Gasteiger partial charge in [-0.3, -0.25) is 0 Å². The zero-order valence-electron chi connectivity index (χ0n) is 12.3. The van der Waals surface area contributed by atoms with Gasteiger partial charge in [0.25, 0.3) is 0 Å². The average Bonchev–Trinajstić information content (AvgIpc) is 2.47. The Kier molecular flexibility index (Phi) is 5.95. The lowest BCUT2D eigenvalue weighted by Gasteiger charge is -2.31. The highest BCUT2D eigenvalue weighted by Gasteiger charge is 2.22. The van der Waals surface area contributed by atoms with Crippen molar-refractivity contribution in [3.63, 3.8) is 0 Å². The molecule has 0 spiro atoms. The number of carbonyl (C=O) groups is 1. The molecule has 2 amide bonds. The molecule has 1 saturated heterocycles. The standard InChI is InChI=1S/C15H29N3O/c1-2-18(12-13-8-10-16-11-9-13)15(19)17-14-6-4-3-5-7-14/h13-14,16H,2-12H2,1H3,(H,17,19). The number of urea groups is 1. The number of amides is 2. The molecule has 19 heavy (non-hydrogen) atoms. The summed E-state index contributed by atoms with van der Waals surface area (Å²) in [5.74, 6) is 0.679. The molecule has 0 aromatic carbocycles. The molecule has 1 aliphatic carbocycles. The second kappa shape index (κ2) is 7.73. The third kappa shape index (κ3) is 4.68. The molecule has 1 aliphatic heterocycles. The summed E-state index contributed by atoms with van der Waals surface area (Å²) < 4.78 is 0. The van der Waals surface area contributed by atoms with E-state index in [9.17, 15) is 4.79 Å². The maximum absolute atomic E-state index is 12.3. The van der Waals surface area contributed by atoms with Gasteiger partial charge in [0, 0.05) is 19.1 Å². The zero-order valence-corrected chi connectivity index (χ0v) is 12.3. The first-order chi connectivity index (χ1) is 9.29. The van der Waals surface area contributed by atoms with Crippen molar-refractivity contribution in [1.29, 1.82) is 0 Å². The van der Waals surface area contributed by atoms with Crippen molar-refractivity contribution < 1.29 is 4.79 Å². The summed E-state index contributed by atoms with van der Waals surface area (Å²) in [6.45, 7) is 6.04. The first kappa shape index (κ1) is 14.6. The number of carbonyl (C=O) groups excluding carboxylic acids is 1. The fourth-order valence-electron chi connectivity index (χ4n) is 3.24. The lowest BCUT2D eigenvalue weighted by atomic mass is 9.95. The Bertz CT molecular complexity index is 271.